The number of rotatable bonds is 1. The minimum absolute atomic E-state index is 0.0841. The van der Waals surface area contributed by atoms with E-state index in [1.807, 2.05) is 12.1 Å². The largest absolute Gasteiger partial charge is 0.455 e. The topological polar surface area (TPSA) is 13.1 Å². The standard InChI is InChI=1S/C27H19BrO/c1-27(2)21-12-5-3-9-20(21)24-22(28)15-14-17(25(24)27)19-11-7-10-18-16-8-4-6-13-23(16)29-26(18)19/h3-15H,1-2H3. The van der Waals surface area contributed by atoms with E-state index in [4.69, 9.17) is 4.42 Å². The molecule has 0 unspecified atom stereocenters. The summed E-state index contributed by atoms with van der Waals surface area (Å²) in [6, 6.07) is 27.9. The van der Waals surface area contributed by atoms with E-state index in [0.717, 1.165) is 21.2 Å². The summed E-state index contributed by atoms with van der Waals surface area (Å²) in [7, 11) is 0. The smallest absolute Gasteiger partial charge is 0.143 e. The Morgan fingerprint density at radius 1 is 0.690 bits per heavy atom. The first-order valence-corrected chi connectivity index (χ1v) is 10.7. The van der Waals surface area contributed by atoms with Gasteiger partial charge in [0.05, 0.1) is 0 Å². The molecule has 0 aliphatic heterocycles. The molecule has 1 heterocycles. The van der Waals surface area contributed by atoms with Gasteiger partial charge >= 0.3 is 0 Å². The minimum Gasteiger partial charge on any atom is -0.455 e. The van der Waals surface area contributed by atoms with E-state index in [2.05, 4.69) is 96.5 Å². The first-order chi connectivity index (χ1) is 14.1. The maximum absolute atomic E-state index is 6.36. The summed E-state index contributed by atoms with van der Waals surface area (Å²) in [6.45, 7) is 4.65. The Labute approximate surface area is 178 Å². The molecule has 1 nitrogen and oxygen atoms in total. The van der Waals surface area contributed by atoms with Gasteiger partial charge in [0.2, 0.25) is 0 Å². The Kier molecular flexibility index (Phi) is 3.43. The molecule has 0 radical (unpaired) electrons. The zero-order chi connectivity index (χ0) is 19.8. The highest BCUT2D eigenvalue weighted by Gasteiger charge is 2.39. The summed E-state index contributed by atoms with van der Waals surface area (Å²) in [6.07, 6.45) is 0. The van der Waals surface area contributed by atoms with Crippen LogP contribution in [0.25, 0.3) is 44.2 Å². The van der Waals surface area contributed by atoms with E-state index in [9.17, 15) is 0 Å². The summed E-state index contributed by atoms with van der Waals surface area (Å²) in [5.74, 6) is 0. The van der Waals surface area contributed by atoms with Crippen LogP contribution < -0.4 is 0 Å². The average molecular weight is 439 g/mol. The van der Waals surface area contributed by atoms with Crippen molar-refractivity contribution in [1.82, 2.24) is 0 Å². The fourth-order valence-electron chi connectivity index (χ4n) is 5.05. The van der Waals surface area contributed by atoms with Gasteiger partial charge in [-0.05, 0) is 34.4 Å². The SMILES string of the molecule is CC1(C)c2ccccc2-c2c(Br)ccc(-c3cccc4c3oc3ccccc34)c21. The summed E-state index contributed by atoms with van der Waals surface area (Å²) >= 11 is 3.83. The molecule has 0 saturated carbocycles. The molecule has 6 rings (SSSR count). The highest BCUT2D eigenvalue weighted by molar-refractivity contribution is 9.10. The fourth-order valence-corrected chi connectivity index (χ4v) is 5.60. The molecule has 2 heteroatoms. The first kappa shape index (κ1) is 17.1. The van der Waals surface area contributed by atoms with Crippen LogP contribution >= 0.6 is 15.9 Å². The summed E-state index contributed by atoms with van der Waals surface area (Å²) in [5.41, 5.74) is 9.57. The number of halogens is 1. The monoisotopic (exact) mass is 438 g/mol. The Morgan fingerprint density at radius 3 is 2.31 bits per heavy atom. The van der Waals surface area contributed by atoms with Gasteiger partial charge in [-0.15, -0.1) is 0 Å². The van der Waals surface area contributed by atoms with Gasteiger partial charge in [-0.2, -0.15) is 0 Å². The van der Waals surface area contributed by atoms with Gasteiger partial charge in [-0.1, -0.05) is 96.5 Å². The molecule has 0 saturated heterocycles. The van der Waals surface area contributed by atoms with Gasteiger partial charge in [0.25, 0.3) is 0 Å². The van der Waals surface area contributed by atoms with Crippen LogP contribution in [-0.2, 0) is 5.41 Å². The predicted molar refractivity (Wildman–Crippen MR) is 124 cm³/mol. The third-order valence-corrected chi connectivity index (χ3v) is 7.00. The number of furan rings is 1. The number of fused-ring (bicyclic) bond motifs is 6. The molecule has 140 valence electrons. The molecule has 1 aliphatic carbocycles. The van der Waals surface area contributed by atoms with Crippen LogP contribution in [-0.4, -0.2) is 0 Å². The van der Waals surface area contributed by atoms with Crippen molar-refractivity contribution in [2.75, 3.05) is 0 Å². The molecular weight excluding hydrogens is 420 g/mol. The fraction of sp³-hybridized carbons (Fsp3) is 0.111. The maximum Gasteiger partial charge on any atom is 0.143 e. The van der Waals surface area contributed by atoms with Crippen molar-refractivity contribution in [3.8, 4) is 22.3 Å². The van der Waals surface area contributed by atoms with Crippen molar-refractivity contribution in [2.24, 2.45) is 0 Å². The van der Waals surface area contributed by atoms with Gasteiger partial charge in [0, 0.05) is 31.8 Å². The molecule has 4 aromatic carbocycles. The lowest BCUT2D eigenvalue weighted by Gasteiger charge is -2.24. The first-order valence-electron chi connectivity index (χ1n) is 9.91. The van der Waals surface area contributed by atoms with E-state index < -0.39 is 0 Å². The van der Waals surface area contributed by atoms with Gasteiger partial charge in [-0.3, -0.25) is 0 Å². The van der Waals surface area contributed by atoms with Gasteiger partial charge in [0.1, 0.15) is 11.2 Å². The molecule has 5 aromatic rings. The van der Waals surface area contributed by atoms with E-state index in [1.54, 1.807) is 0 Å². The van der Waals surface area contributed by atoms with Crippen LogP contribution in [0.3, 0.4) is 0 Å². The van der Waals surface area contributed by atoms with Crippen molar-refractivity contribution in [1.29, 1.82) is 0 Å². The van der Waals surface area contributed by atoms with Crippen molar-refractivity contribution in [2.45, 2.75) is 19.3 Å². The van der Waals surface area contributed by atoms with Crippen LogP contribution in [0.15, 0.2) is 87.8 Å². The van der Waals surface area contributed by atoms with Crippen molar-refractivity contribution >= 4 is 37.9 Å². The number of hydrogen-bond donors (Lipinski definition) is 0. The maximum atomic E-state index is 6.36. The van der Waals surface area contributed by atoms with E-state index in [-0.39, 0.29) is 5.41 Å². The number of benzene rings is 4. The average Bonchev–Trinajstić information content (AvgIpc) is 3.23. The second-order valence-corrected chi connectivity index (χ2v) is 9.15. The Hall–Kier alpha value is -2.84. The lowest BCUT2D eigenvalue weighted by molar-refractivity contribution is 0.659. The van der Waals surface area contributed by atoms with Gasteiger partial charge in [-0.25, -0.2) is 0 Å². The van der Waals surface area contributed by atoms with Crippen LogP contribution in [0.1, 0.15) is 25.0 Å². The highest BCUT2D eigenvalue weighted by atomic mass is 79.9. The molecule has 0 amide bonds. The molecule has 1 aliphatic rings. The van der Waals surface area contributed by atoms with E-state index >= 15 is 0 Å². The molecule has 29 heavy (non-hydrogen) atoms. The number of para-hydroxylation sites is 2. The summed E-state index contributed by atoms with van der Waals surface area (Å²) in [5, 5.41) is 2.34. The predicted octanol–water partition coefficient (Wildman–Crippen LogP) is 8.32. The Balaban J connectivity index is 1.73. The molecular formula is C27H19BrO. The lowest BCUT2D eigenvalue weighted by Crippen LogP contribution is -2.16. The van der Waals surface area contributed by atoms with Crippen molar-refractivity contribution < 1.29 is 4.42 Å². The van der Waals surface area contributed by atoms with Crippen LogP contribution in [0.4, 0.5) is 0 Å². The van der Waals surface area contributed by atoms with Crippen LogP contribution in [0.5, 0.6) is 0 Å². The second kappa shape index (κ2) is 5.84. The quantitative estimate of drug-likeness (QED) is 0.256. The Bertz CT molecular complexity index is 1440. The number of hydrogen-bond acceptors (Lipinski definition) is 1. The van der Waals surface area contributed by atoms with Gasteiger partial charge < -0.3 is 4.42 Å². The van der Waals surface area contributed by atoms with Crippen LogP contribution in [0, 0.1) is 0 Å². The zero-order valence-corrected chi connectivity index (χ0v) is 17.9. The zero-order valence-electron chi connectivity index (χ0n) is 16.3. The van der Waals surface area contributed by atoms with Crippen LogP contribution in [0.2, 0.25) is 0 Å². The molecule has 0 bridgehead atoms. The summed E-state index contributed by atoms with van der Waals surface area (Å²) < 4.78 is 7.51. The molecule has 0 N–H and O–H groups in total. The van der Waals surface area contributed by atoms with Crippen molar-refractivity contribution in [3.05, 3.63) is 94.5 Å². The normalized spacial score (nSPS) is 14.3. The third-order valence-electron chi connectivity index (χ3n) is 6.34. The molecule has 0 spiro atoms. The Morgan fingerprint density at radius 2 is 1.41 bits per heavy atom. The lowest BCUT2D eigenvalue weighted by atomic mass is 9.78. The molecule has 0 atom stereocenters. The van der Waals surface area contributed by atoms with E-state index in [1.165, 1.54) is 38.6 Å². The third kappa shape index (κ3) is 2.21. The van der Waals surface area contributed by atoms with Crippen molar-refractivity contribution in [3.63, 3.8) is 0 Å². The molecule has 1 aromatic heterocycles. The molecule has 0 fully saturated rings. The minimum atomic E-state index is -0.0841. The van der Waals surface area contributed by atoms with Gasteiger partial charge in [0.15, 0.2) is 0 Å². The highest BCUT2D eigenvalue weighted by Crippen LogP contribution is 2.55. The van der Waals surface area contributed by atoms with E-state index in [0.29, 0.717) is 0 Å². The summed E-state index contributed by atoms with van der Waals surface area (Å²) in [4.78, 5) is 0. The second-order valence-electron chi connectivity index (χ2n) is 8.30.